The monoisotopic (exact) mass is 374 g/mol. The van der Waals surface area contributed by atoms with Gasteiger partial charge in [-0.2, -0.15) is 0 Å². The summed E-state index contributed by atoms with van der Waals surface area (Å²) >= 11 is 5.89. The number of hydrogen-bond donors (Lipinski definition) is 1. The number of nitrogens with one attached hydrogen (secondary N) is 1. The summed E-state index contributed by atoms with van der Waals surface area (Å²) in [6.07, 6.45) is 5.99. The molecule has 0 saturated heterocycles. The Bertz CT molecular complexity index is 863. The van der Waals surface area contributed by atoms with Crippen molar-refractivity contribution in [1.82, 2.24) is 4.98 Å². The van der Waals surface area contributed by atoms with Crippen LogP contribution in [-0.2, 0) is 4.74 Å². The van der Waals surface area contributed by atoms with Crippen LogP contribution >= 0.6 is 11.6 Å². The van der Waals surface area contributed by atoms with E-state index in [2.05, 4.69) is 10.3 Å². The maximum atomic E-state index is 13.4. The summed E-state index contributed by atoms with van der Waals surface area (Å²) in [7, 11) is 0. The van der Waals surface area contributed by atoms with Crippen LogP contribution in [0.15, 0.2) is 24.4 Å². The highest BCUT2D eigenvalue weighted by Crippen LogP contribution is 2.52. The average Bonchev–Trinajstić information content (AvgIpc) is 2.66. The van der Waals surface area contributed by atoms with E-state index in [0.29, 0.717) is 29.7 Å². The van der Waals surface area contributed by atoms with Crippen LogP contribution in [0, 0.1) is 5.82 Å². The third-order valence-electron chi connectivity index (χ3n) is 5.38. The number of carbonyl (C=O) groups excluding carboxylic acids is 1. The number of nitrogens with zero attached hydrogens (tertiary/aromatic N) is 1. The SMILES string of the molecule is CCOC(=O)c1cnc(Nc2ccc(F)c(Cl)c2)c2c1C1CCC2CC1. The fourth-order valence-electron chi connectivity index (χ4n) is 4.25. The maximum absolute atomic E-state index is 13.4. The predicted octanol–water partition coefficient (Wildman–Crippen LogP) is 5.55. The second kappa shape index (κ2) is 6.88. The van der Waals surface area contributed by atoms with Crippen LogP contribution in [0.1, 0.15) is 65.9 Å². The largest absolute Gasteiger partial charge is 0.462 e. The number of benzene rings is 1. The Balaban J connectivity index is 1.78. The number of halogens is 2. The summed E-state index contributed by atoms with van der Waals surface area (Å²) in [5.74, 6) is 0.722. The fraction of sp³-hybridized carbons (Fsp3) is 0.400. The highest BCUT2D eigenvalue weighted by molar-refractivity contribution is 6.31. The molecule has 3 aliphatic rings. The predicted molar refractivity (Wildman–Crippen MR) is 98.8 cm³/mol. The molecule has 2 aromatic rings. The van der Waals surface area contributed by atoms with Gasteiger partial charge in [0.2, 0.25) is 0 Å². The van der Waals surface area contributed by atoms with Crippen molar-refractivity contribution >= 4 is 29.1 Å². The van der Waals surface area contributed by atoms with Gasteiger partial charge in [0.15, 0.2) is 0 Å². The molecule has 26 heavy (non-hydrogen) atoms. The van der Waals surface area contributed by atoms with E-state index in [1.165, 1.54) is 6.07 Å². The van der Waals surface area contributed by atoms with Crippen molar-refractivity contribution in [3.63, 3.8) is 0 Å². The van der Waals surface area contributed by atoms with Crippen LogP contribution in [-0.4, -0.2) is 17.6 Å². The molecule has 6 heteroatoms. The van der Waals surface area contributed by atoms with Crippen LogP contribution < -0.4 is 5.32 Å². The summed E-state index contributed by atoms with van der Waals surface area (Å²) in [5.41, 5.74) is 3.45. The lowest BCUT2D eigenvalue weighted by molar-refractivity contribution is 0.0522. The Morgan fingerprint density at radius 1 is 1.27 bits per heavy atom. The fourth-order valence-corrected chi connectivity index (χ4v) is 4.43. The van der Waals surface area contributed by atoms with Gasteiger partial charge in [0.05, 0.1) is 17.2 Å². The number of anilines is 2. The van der Waals surface area contributed by atoms with Gasteiger partial charge in [-0.15, -0.1) is 0 Å². The van der Waals surface area contributed by atoms with Gasteiger partial charge in [0.1, 0.15) is 11.6 Å². The molecule has 4 nitrogen and oxygen atoms in total. The van der Waals surface area contributed by atoms with E-state index in [-0.39, 0.29) is 11.0 Å². The number of rotatable bonds is 4. The van der Waals surface area contributed by atoms with E-state index < -0.39 is 5.82 Å². The first-order valence-electron chi connectivity index (χ1n) is 9.00. The van der Waals surface area contributed by atoms with Gasteiger partial charge < -0.3 is 10.1 Å². The van der Waals surface area contributed by atoms with Crippen molar-refractivity contribution in [2.24, 2.45) is 0 Å². The number of carbonyl (C=O) groups is 1. The van der Waals surface area contributed by atoms with Gasteiger partial charge in [-0.3, -0.25) is 0 Å². The van der Waals surface area contributed by atoms with E-state index in [1.807, 2.05) is 0 Å². The highest BCUT2D eigenvalue weighted by atomic mass is 35.5. The lowest BCUT2D eigenvalue weighted by atomic mass is 9.66. The van der Waals surface area contributed by atoms with E-state index in [1.54, 1.807) is 25.3 Å². The molecule has 0 radical (unpaired) electrons. The van der Waals surface area contributed by atoms with Crippen LogP contribution in [0.5, 0.6) is 0 Å². The minimum absolute atomic E-state index is 0.0635. The van der Waals surface area contributed by atoms with E-state index in [9.17, 15) is 9.18 Å². The summed E-state index contributed by atoms with van der Waals surface area (Å²) in [4.78, 5) is 16.9. The van der Waals surface area contributed by atoms with Crippen molar-refractivity contribution in [2.75, 3.05) is 11.9 Å². The first-order chi connectivity index (χ1) is 12.6. The third-order valence-corrected chi connectivity index (χ3v) is 5.67. The molecule has 1 heterocycles. The second-order valence-electron chi connectivity index (χ2n) is 6.87. The van der Waals surface area contributed by atoms with Crippen LogP contribution in [0.25, 0.3) is 0 Å². The Hall–Kier alpha value is -2.14. The summed E-state index contributed by atoms with van der Waals surface area (Å²) in [5, 5.41) is 3.33. The van der Waals surface area contributed by atoms with E-state index >= 15 is 0 Å². The van der Waals surface area contributed by atoms with Crippen LogP contribution in [0.2, 0.25) is 5.02 Å². The van der Waals surface area contributed by atoms with Crippen molar-refractivity contribution in [1.29, 1.82) is 0 Å². The Labute approximate surface area is 156 Å². The summed E-state index contributed by atoms with van der Waals surface area (Å²) < 4.78 is 18.7. The Kier molecular flexibility index (Phi) is 4.57. The standard InChI is InChI=1S/C20H20ClFN2O2/c1-2-26-20(25)14-10-23-19(24-13-7-8-16(22)15(21)9-13)18-12-5-3-11(4-6-12)17(14)18/h7-12H,2-6H2,1H3,(H,23,24). The summed E-state index contributed by atoms with van der Waals surface area (Å²) in [6.45, 7) is 2.15. The molecule has 0 aliphatic heterocycles. The first-order valence-corrected chi connectivity index (χ1v) is 9.38. The first kappa shape index (κ1) is 17.3. The van der Waals surface area contributed by atoms with Gasteiger partial charge in [-0.25, -0.2) is 14.2 Å². The molecule has 1 aromatic heterocycles. The summed E-state index contributed by atoms with van der Waals surface area (Å²) in [6, 6.07) is 4.51. The number of esters is 1. The zero-order valence-electron chi connectivity index (χ0n) is 14.5. The number of hydrogen-bond acceptors (Lipinski definition) is 4. The minimum Gasteiger partial charge on any atom is -0.462 e. The maximum Gasteiger partial charge on any atom is 0.339 e. The molecule has 0 amide bonds. The molecule has 136 valence electrons. The molecule has 1 N–H and O–H groups in total. The number of pyridine rings is 1. The van der Waals surface area contributed by atoms with E-state index in [4.69, 9.17) is 16.3 Å². The van der Waals surface area contributed by atoms with Gasteiger partial charge in [0.25, 0.3) is 0 Å². The molecule has 0 atom stereocenters. The number of ether oxygens (including phenoxy) is 1. The molecule has 1 fully saturated rings. The van der Waals surface area contributed by atoms with E-state index in [0.717, 1.165) is 42.6 Å². The molecule has 0 spiro atoms. The molecule has 1 saturated carbocycles. The molecule has 1 aromatic carbocycles. The van der Waals surface area contributed by atoms with Crippen molar-refractivity contribution in [3.05, 3.63) is 51.9 Å². The molecular formula is C20H20ClFN2O2. The van der Waals surface area contributed by atoms with Gasteiger partial charge in [0, 0.05) is 17.4 Å². The third kappa shape index (κ3) is 2.94. The second-order valence-corrected chi connectivity index (χ2v) is 7.28. The molecule has 3 aliphatic carbocycles. The van der Waals surface area contributed by atoms with Crippen LogP contribution in [0.3, 0.4) is 0 Å². The van der Waals surface area contributed by atoms with Crippen LogP contribution in [0.4, 0.5) is 15.9 Å². The zero-order valence-corrected chi connectivity index (χ0v) is 15.3. The zero-order chi connectivity index (χ0) is 18.3. The smallest absolute Gasteiger partial charge is 0.339 e. The van der Waals surface area contributed by atoms with Crippen molar-refractivity contribution < 1.29 is 13.9 Å². The van der Waals surface area contributed by atoms with Crippen molar-refractivity contribution in [2.45, 2.75) is 44.4 Å². The van der Waals surface area contributed by atoms with Gasteiger partial charge in [-0.05, 0) is 68.2 Å². The molecular weight excluding hydrogens is 355 g/mol. The highest BCUT2D eigenvalue weighted by Gasteiger charge is 2.38. The van der Waals surface area contributed by atoms with Crippen molar-refractivity contribution in [3.8, 4) is 0 Å². The van der Waals surface area contributed by atoms with Gasteiger partial charge in [-0.1, -0.05) is 11.6 Å². The lowest BCUT2D eigenvalue weighted by Gasteiger charge is -2.40. The Morgan fingerprint density at radius 3 is 2.62 bits per heavy atom. The minimum atomic E-state index is -0.455. The number of fused-ring (bicyclic) bond motifs is 2. The average molecular weight is 375 g/mol. The molecule has 2 bridgehead atoms. The topological polar surface area (TPSA) is 51.2 Å². The normalized spacial score (nSPS) is 20.6. The Morgan fingerprint density at radius 2 is 1.96 bits per heavy atom. The number of aromatic nitrogens is 1. The van der Waals surface area contributed by atoms with Gasteiger partial charge >= 0.3 is 5.97 Å². The molecule has 0 unspecified atom stereocenters. The molecule has 5 rings (SSSR count). The lowest BCUT2D eigenvalue weighted by Crippen LogP contribution is -2.26. The quantitative estimate of drug-likeness (QED) is 0.713.